The van der Waals surface area contributed by atoms with Gasteiger partial charge in [-0.25, -0.2) is 0 Å². The summed E-state index contributed by atoms with van der Waals surface area (Å²) in [6.07, 6.45) is 6.98. The Hall–Kier alpha value is -2.49. The number of nitrogens with one attached hydrogen (secondary N) is 1. The Kier molecular flexibility index (Phi) is 2.38. The van der Waals surface area contributed by atoms with E-state index in [1.54, 1.807) is 18.6 Å². The van der Waals surface area contributed by atoms with E-state index in [0.717, 1.165) is 22.8 Å². The van der Waals surface area contributed by atoms with Crippen molar-refractivity contribution in [2.24, 2.45) is 0 Å². The van der Waals surface area contributed by atoms with E-state index in [1.807, 2.05) is 36.5 Å². The third-order valence-electron chi connectivity index (χ3n) is 2.46. The van der Waals surface area contributed by atoms with Gasteiger partial charge >= 0.3 is 0 Å². The van der Waals surface area contributed by atoms with Crippen molar-refractivity contribution in [2.45, 2.75) is 0 Å². The summed E-state index contributed by atoms with van der Waals surface area (Å²) in [5.41, 5.74) is 3.37. The first-order valence-electron chi connectivity index (χ1n) is 5.31. The molecule has 3 heterocycles. The summed E-state index contributed by atoms with van der Waals surface area (Å²) >= 11 is 0. The third kappa shape index (κ3) is 1.80. The molecule has 1 N–H and O–H groups in total. The minimum atomic E-state index is 0.788. The molecule has 0 atom stereocenters. The van der Waals surface area contributed by atoms with Crippen molar-refractivity contribution in [2.75, 3.05) is 0 Å². The first kappa shape index (κ1) is 9.72. The van der Waals surface area contributed by atoms with Gasteiger partial charge in [-0.05, 0) is 24.3 Å². The van der Waals surface area contributed by atoms with Crippen LogP contribution in [-0.4, -0.2) is 19.9 Å². The van der Waals surface area contributed by atoms with Gasteiger partial charge in [-0.2, -0.15) is 0 Å². The van der Waals surface area contributed by atoms with E-state index in [9.17, 15) is 0 Å². The third-order valence-corrected chi connectivity index (χ3v) is 2.46. The molecule has 3 aromatic heterocycles. The van der Waals surface area contributed by atoms with Crippen molar-refractivity contribution in [3.05, 3.63) is 55.1 Å². The number of aromatic nitrogens is 4. The summed E-state index contributed by atoms with van der Waals surface area (Å²) in [6.45, 7) is 0. The Morgan fingerprint density at radius 3 is 2.35 bits per heavy atom. The lowest BCUT2D eigenvalue weighted by atomic mass is 10.2. The van der Waals surface area contributed by atoms with Gasteiger partial charge in [-0.3, -0.25) is 15.0 Å². The zero-order chi connectivity index (χ0) is 11.5. The summed E-state index contributed by atoms with van der Waals surface area (Å²) in [5.74, 6) is 0. The van der Waals surface area contributed by atoms with Gasteiger partial charge in [-0.1, -0.05) is 6.07 Å². The molecule has 0 aliphatic heterocycles. The highest BCUT2D eigenvalue weighted by atomic mass is 14.9. The van der Waals surface area contributed by atoms with Crippen LogP contribution in [0.2, 0.25) is 0 Å². The van der Waals surface area contributed by atoms with E-state index in [0.29, 0.717) is 0 Å². The van der Waals surface area contributed by atoms with E-state index < -0.39 is 0 Å². The average Bonchev–Trinajstić information content (AvgIpc) is 2.94. The Morgan fingerprint density at radius 1 is 0.765 bits per heavy atom. The Bertz CT molecular complexity index is 602. The van der Waals surface area contributed by atoms with Gasteiger partial charge in [-0.15, -0.1) is 0 Å². The van der Waals surface area contributed by atoms with E-state index in [1.165, 1.54) is 0 Å². The van der Waals surface area contributed by atoms with Gasteiger partial charge < -0.3 is 4.98 Å². The van der Waals surface area contributed by atoms with Gasteiger partial charge in [0.25, 0.3) is 0 Å². The van der Waals surface area contributed by atoms with Gasteiger partial charge in [0, 0.05) is 24.8 Å². The maximum atomic E-state index is 4.36. The lowest BCUT2D eigenvalue weighted by Crippen LogP contribution is -1.93. The maximum absolute atomic E-state index is 4.36. The minimum Gasteiger partial charge on any atom is -0.360 e. The van der Waals surface area contributed by atoms with Crippen LogP contribution in [0.3, 0.4) is 0 Å². The van der Waals surface area contributed by atoms with Crippen molar-refractivity contribution < 1.29 is 0 Å². The van der Waals surface area contributed by atoms with Gasteiger partial charge in [0.05, 0.1) is 11.4 Å². The predicted octanol–water partition coefficient (Wildman–Crippen LogP) is 2.53. The number of pyridine rings is 1. The van der Waals surface area contributed by atoms with E-state index in [2.05, 4.69) is 19.9 Å². The van der Waals surface area contributed by atoms with Crippen LogP contribution in [0.4, 0.5) is 0 Å². The van der Waals surface area contributed by atoms with Crippen LogP contribution in [-0.2, 0) is 0 Å². The van der Waals surface area contributed by atoms with Gasteiger partial charge in [0.2, 0.25) is 0 Å². The lowest BCUT2D eigenvalue weighted by molar-refractivity contribution is 1.17. The first-order chi connectivity index (χ1) is 8.45. The molecular weight excluding hydrogens is 212 g/mol. The molecule has 0 aliphatic rings. The summed E-state index contributed by atoms with van der Waals surface area (Å²) in [5, 5.41) is 0. The minimum absolute atomic E-state index is 0.788. The number of rotatable bonds is 2. The summed E-state index contributed by atoms with van der Waals surface area (Å²) < 4.78 is 0. The van der Waals surface area contributed by atoms with Crippen molar-refractivity contribution in [3.63, 3.8) is 0 Å². The second-order valence-corrected chi connectivity index (χ2v) is 3.55. The molecule has 0 aromatic carbocycles. The molecule has 17 heavy (non-hydrogen) atoms. The smallest absolute Gasteiger partial charge is 0.116 e. The molecule has 0 aliphatic carbocycles. The second-order valence-electron chi connectivity index (χ2n) is 3.55. The van der Waals surface area contributed by atoms with Crippen LogP contribution >= 0.6 is 0 Å². The highest BCUT2D eigenvalue weighted by molar-refractivity contribution is 5.73. The molecule has 0 radical (unpaired) electrons. The zero-order valence-corrected chi connectivity index (χ0v) is 9.04. The topological polar surface area (TPSA) is 54.5 Å². The van der Waals surface area contributed by atoms with Crippen molar-refractivity contribution in [1.82, 2.24) is 19.9 Å². The molecule has 0 amide bonds. The van der Waals surface area contributed by atoms with Gasteiger partial charge in [0.1, 0.15) is 11.4 Å². The quantitative estimate of drug-likeness (QED) is 0.724. The lowest BCUT2D eigenvalue weighted by Gasteiger charge is -2.04. The SMILES string of the molecule is c1ccc(-c2nccnc2-c2ccc[nH]2)nc1. The molecule has 0 saturated carbocycles. The van der Waals surface area contributed by atoms with Crippen molar-refractivity contribution in [3.8, 4) is 22.8 Å². The molecule has 3 aromatic rings. The molecule has 0 fully saturated rings. The Labute approximate surface area is 98.4 Å². The van der Waals surface area contributed by atoms with Gasteiger partial charge in [0.15, 0.2) is 0 Å². The van der Waals surface area contributed by atoms with Crippen LogP contribution in [0.1, 0.15) is 0 Å². The number of nitrogens with zero attached hydrogens (tertiary/aromatic N) is 3. The van der Waals surface area contributed by atoms with Crippen molar-refractivity contribution in [1.29, 1.82) is 0 Å². The highest BCUT2D eigenvalue weighted by Crippen LogP contribution is 2.24. The molecule has 4 nitrogen and oxygen atoms in total. The fraction of sp³-hybridized carbons (Fsp3) is 0. The highest BCUT2D eigenvalue weighted by Gasteiger charge is 2.10. The monoisotopic (exact) mass is 222 g/mol. The molecule has 0 spiro atoms. The number of hydrogen-bond acceptors (Lipinski definition) is 3. The Balaban J connectivity index is 2.18. The number of hydrogen-bond donors (Lipinski definition) is 1. The van der Waals surface area contributed by atoms with Crippen LogP contribution in [0.15, 0.2) is 55.1 Å². The van der Waals surface area contributed by atoms with Crippen LogP contribution < -0.4 is 0 Å². The van der Waals surface area contributed by atoms with Crippen LogP contribution in [0.25, 0.3) is 22.8 Å². The summed E-state index contributed by atoms with van der Waals surface area (Å²) in [6, 6.07) is 9.66. The molecule has 0 unspecified atom stereocenters. The standard InChI is InChI=1S/C13H10N4/c1-2-6-14-10(4-1)12-13(17-9-8-16-12)11-5-3-7-15-11/h1-9,15H. The second kappa shape index (κ2) is 4.17. The predicted molar refractivity (Wildman–Crippen MR) is 65.0 cm³/mol. The van der Waals surface area contributed by atoms with E-state index in [-0.39, 0.29) is 0 Å². The summed E-state index contributed by atoms with van der Waals surface area (Å²) in [4.78, 5) is 16.2. The average molecular weight is 222 g/mol. The molecular formula is C13H10N4. The molecule has 82 valence electrons. The van der Waals surface area contributed by atoms with E-state index >= 15 is 0 Å². The van der Waals surface area contributed by atoms with Crippen molar-refractivity contribution >= 4 is 0 Å². The maximum Gasteiger partial charge on any atom is 0.116 e. The molecule has 3 rings (SSSR count). The van der Waals surface area contributed by atoms with Crippen LogP contribution in [0.5, 0.6) is 0 Å². The Morgan fingerprint density at radius 2 is 1.65 bits per heavy atom. The normalized spacial score (nSPS) is 10.4. The molecule has 4 heteroatoms. The molecule has 0 saturated heterocycles. The fourth-order valence-electron chi connectivity index (χ4n) is 1.70. The summed E-state index contributed by atoms with van der Waals surface area (Å²) in [7, 11) is 0. The fourth-order valence-corrected chi connectivity index (χ4v) is 1.70. The number of H-pyrrole nitrogens is 1. The largest absolute Gasteiger partial charge is 0.360 e. The number of aromatic amines is 1. The zero-order valence-electron chi connectivity index (χ0n) is 9.04. The van der Waals surface area contributed by atoms with Crippen LogP contribution in [0, 0.1) is 0 Å². The first-order valence-corrected chi connectivity index (χ1v) is 5.31. The molecule has 0 bridgehead atoms. The van der Waals surface area contributed by atoms with E-state index in [4.69, 9.17) is 0 Å².